The molecule has 1 aromatic carbocycles. The number of carbonyl (C=O) groups is 1. The number of carboxylic acid groups (broad SMARTS) is 1. The van der Waals surface area contributed by atoms with Gasteiger partial charge in [-0.25, -0.2) is 9.67 Å². The monoisotopic (exact) mass is 589 g/mol. The molecule has 2 aromatic heterocycles. The van der Waals surface area contributed by atoms with Crippen LogP contribution in [-0.2, 0) is 23.8 Å². The Morgan fingerprint density at radius 2 is 1.76 bits per heavy atom. The molecule has 1 fully saturated rings. The van der Waals surface area contributed by atoms with Gasteiger partial charge in [-0.3, -0.25) is 4.79 Å². The van der Waals surface area contributed by atoms with Gasteiger partial charge in [0.25, 0.3) is 0 Å². The van der Waals surface area contributed by atoms with Crippen LogP contribution in [0.2, 0.25) is 0 Å². The minimum absolute atomic E-state index is 0.0354. The first-order valence-electron chi connectivity index (χ1n) is 14.6. The van der Waals surface area contributed by atoms with E-state index >= 15 is 0 Å². The number of likely N-dealkylation sites (tertiary alicyclic amines) is 1. The van der Waals surface area contributed by atoms with Crippen molar-refractivity contribution in [2.24, 2.45) is 0 Å². The van der Waals surface area contributed by atoms with Crippen molar-refractivity contribution in [2.75, 3.05) is 38.1 Å². The third-order valence-electron chi connectivity index (χ3n) is 7.04. The number of fused-ring (bicyclic) bond motifs is 1. The number of piperidine rings is 1. The highest BCUT2D eigenvalue weighted by molar-refractivity contribution is 5.66. The summed E-state index contributed by atoms with van der Waals surface area (Å²) in [7, 11) is 0. The molecule has 230 valence electrons. The van der Waals surface area contributed by atoms with Crippen molar-refractivity contribution in [2.45, 2.75) is 70.9 Å². The van der Waals surface area contributed by atoms with E-state index in [1.54, 1.807) is 37.3 Å². The van der Waals surface area contributed by atoms with E-state index in [-0.39, 0.29) is 13.0 Å². The SMILES string of the molecule is Cc1cc(C(F)(F)F)nn1-c1ccccc1.O=C(O)CCCO.c1cc2c(nc1CCCN1CCCCC1)NCCC2. The molecule has 1 saturated heterocycles. The van der Waals surface area contributed by atoms with E-state index in [2.05, 4.69) is 27.4 Å². The fraction of sp³-hybridized carbons (Fsp3) is 0.516. The molecule has 4 heterocycles. The highest BCUT2D eigenvalue weighted by Crippen LogP contribution is 2.29. The van der Waals surface area contributed by atoms with Crippen LogP contribution in [0.3, 0.4) is 0 Å². The van der Waals surface area contributed by atoms with Gasteiger partial charge in [0.15, 0.2) is 5.69 Å². The number of hydrogen-bond acceptors (Lipinski definition) is 6. The first kappa shape index (κ1) is 33.1. The Morgan fingerprint density at radius 3 is 2.38 bits per heavy atom. The number of pyridine rings is 1. The lowest BCUT2D eigenvalue weighted by molar-refractivity contribution is -0.141. The lowest BCUT2D eigenvalue weighted by Gasteiger charge is -2.26. The molecule has 5 rings (SSSR count). The Hall–Kier alpha value is -3.44. The molecule has 0 bridgehead atoms. The topological polar surface area (TPSA) is 104 Å². The number of aliphatic carboxylic acids is 1. The summed E-state index contributed by atoms with van der Waals surface area (Å²) in [6.45, 7) is 6.49. The molecule has 3 aromatic rings. The van der Waals surface area contributed by atoms with Crippen molar-refractivity contribution < 1.29 is 28.2 Å². The van der Waals surface area contributed by atoms with E-state index in [9.17, 15) is 18.0 Å². The van der Waals surface area contributed by atoms with E-state index in [0.717, 1.165) is 24.8 Å². The van der Waals surface area contributed by atoms with Crippen LogP contribution in [0.1, 0.15) is 67.6 Å². The summed E-state index contributed by atoms with van der Waals surface area (Å²) in [5, 5.41) is 22.9. The smallest absolute Gasteiger partial charge is 0.435 e. The zero-order chi connectivity index (χ0) is 30.4. The third-order valence-corrected chi connectivity index (χ3v) is 7.04. The summed E-state index contributed by atoms with van der Waals surface area (Å²) in [5.41, 5.74) is 2.86. The van der Waals surface area contributed by atoms with Crippen molar-refractivity contribution in [3.05, 3.63) is 71.2 Å². The molecular weight excluding hydrogens is 547 g/mol. The van der Waals surface area contributed by atoms with Crippen molar-refractivity contribution in [3.8, 4) is 5.69 Å². The van der Waals surface area contributed by atoms with Crippen LogP contribution in [0.15, 0.2) is 48.5 Å². The van der Waals surface area contributed by atoms with Crippen molar-refractivity contribution >= 4 is 11.8 Å². The second-order valence-electron chi connectivity index (χ2n) is 10.5. The number of aliphatic hydroxyl groups excluding tert-OH is 1. The number of halogens is 3. The Balaban J connectivity index is 0.000000191. The second kappa shape index (κ2) is 16.9. The number of aliphatic hydroxyl groups is 1. The number of hydrogen-bond donors (Lipinski definition) is 3. The summed E-state index contributed by atoms with van der Waals surface area (Å²) in [5.74, 6) is 0.288. The summed E-state index contributed by atoms with van der Waals surface area (Å²) in [4.78, 5) is 17.0. The highest BCUT2D eigenvalue weighted by atomic mass is 19.4. The summed E-state index contributed by atoms with van der Waals surface area (Å²) in [6, 6.07) is 14.3. The average Bonchev–Trinajstić information content (AvgIpc) is 3.40. The van der Waals surface area contributed by atoms with E-state index in [1.165, 1.54) is 74.1 Å². The molecule has 11 heteroatoms. The predicted octanol–water partition coefficient (Wildman–Crippen LogP) is 5.90. The van der Waals surface area contributed by atoms with E-state index < -0.39 is 17.8 Å². The van der Waals surface area contributed by atoms with Gasteiger partial charge in [-0.15, -0.1) is 0 Å². The number of aryl methyl sites for hydroxylation is 3. The minimum atomic E-state index is -4.40. The molecule has 2 aliphatic heterocycles. The van der Waals surface area contributed by atoms with Gasteiger partial charge in [0.2, 0.25) is 0 Å². The van der Waals surface area contributed by atoms with Gasteiger partial charge in [0.05, 0.1) is 5.69 Å². The summed E-state index contributed by atoms with van der Waals surface area (Å²) < 4.78 is 38.5. The van der Waals surface area contributed by atoms with Gasteiger partial charge in [0.1, 0.15) is 5.82 Å². The quantitative estimate of drug-likeness (QED) is 0.301. The first-order valence-corrected chi connectivity index (χ1v) is 14.6. The standard InChI is InChI=1S/C16H25N3.C11H9F3N2.C4H8O3/c1-2-11-19(12-3-1)13-5-7-15-9-8-14-6-4-10-17-16(14)18-15;1-8-7-10(11(12,13)14)15-16(8)9-5-3-2-4-6-9;5-3-1-2-4(6)7/h8-9H,1-7,10-13H2,(H,17,18);2-7H,1H3;5H,1-3H2,(H,6,7). The number of carboxylic acids is 1. The van der Waals surface area contributed by atoms with Crippen LogP contribution < -0.4 is 5.32 Å². The molecule has 0 radical (unpaired) electrons. The Kier molecular flexibility index (Phi) is 13.3. The summed E-state index contributed by atoms with van der Waals surface area (Å²) >= 11 is 0. The molecule has 2 aliphatic rings. The molecule has 8 nitrogen and oxygen atoms in total. The average molecular weight is 590 g/mol. The first-order chi connectivity index (χ1) is 20.2. The second-order valence-corrected chi connectivity index (χ2v) is 10.5. The maximum Gasteiger partial charge on any atom is 0.435 e. The number of anilines is 1. The number of rotatable bonds is 8. The van der Waals surface area contributed by atoms with Gasteiger partial charge < -0.3 is 20.4 Å². The van der Waals surface area contributed by atoms with Gasteiger partial charge in [-0.05, 0) is 101 Å². The zero-order valence-corrected chi connectivity index (χ0v) is 24.2. The third kappa shape index (κ3) is 11.1. The largest absolute Gasteiger partial charge is 0.481 e. The minimum Gasteiger partial charge on any atom is -0.481 e. The number of alkyl halides is 3. The van der Waals surface area contributed by atoms with Crippen LogP contribution in [0.25, 0.3) is 5.69 Å². The molecule has 0 amide bonds. The molecule has 42 heavy (non-hydrogen) atoms. The van der Waals surface area contributed by atoms with E-state index in [1.807, 2.05) is 0 Å². The molecule has 0 unspecified atom stereocenters. The van der Waals surface area contributed by atoms with Crippen LogP contribution >= 0.6 is 0 Å². The summed E-state index contributed by atoms with van der Waals surface area (Å²) in [6.07, 6.45) is 5.01. The number of para-hydroxylation sites is 1. The van der Waals surface area contributed by atoms with Crippen LogP contribution in [0.5, 0.6) is 0 Å². The fourth-order valence-corrected chi connectivity index (χ4v) is 4.85. The normalized spacial score (nSPS) is 14.9. The molecule has 0 spiro atoms. The maximum atomic E-state index is 12.4. The lowest BCUT2D eigenvalue weighted by Crippen LogP contribution is -2.30. The zero-order valence-electron chi connectivity index (χ0n) is 24.2. The molecular formula is C31H42F3N5O3. The van der Waals surface area contributed by atoms with Gasteiger partial charge in [0, 0.05) is 31.0 Å². The van der Waals surface area contributed by atoms with Crippen LogP contribution in [-0.4, -0.2) is 68.6 Å². The van der Waals surface area contributed by atoms with Crippen molar-refractivity contribution in [1.82, 2.24) is 19.7 Å². The van der Waals surface area contributed by atoms with Crippen molar-refractivity contribution in [3.63, 3.8) is 0 Å². The Morgan fingerprint density at radius 1 is 1.02 bits per heavy atom. The maximum absolute atomic E-state index is 12.4. The van der Waals surface area contributed by atoms with E-state index in [4.69, 9.17) is 15.2 Å². The Labute approximate surface area is 245 Å². The van der Waals surface area contributed by atoms with Crippen LogP contribution in [0, 0.1) is 6.92 Å². The number of benzene rings is 1. The lowest BCUT2D eigenvalue weighted by atomic mass is 10.1. The van der Waals surface area contributed by atoms with Crippen molar-refractivity contribution in [1.29, 1.82) is 0 Å². The van der Waals surface area contributed by atoms with Gasteiger partial charge in [-0.1, -0.05) is 30.7 Å². The molecule has 3 N–H and O–H groups in total. The Bertz CT molecular complexity index is 1230. The fourth-order valence-electron chi connectivity index (χ4n) is 4.85. The van der Waals surface area contributed by atoms with E-state index in [0.29, 0.717) is 17.8 Å². The number of aromatic nitrogens is 3. The van der Waals surface area contributed by atoms with Gasteiger partial charge >= 0.3 is 12.1 Å². The predicted molar refractivity (Wildman–Crippen MR) is 157 cm³/mol. The number of nitrogens with one attached hydrogen (secondary N) is 1. The van der Waals surface area contributed by atoms with Gasteiger partial charge in [-0.2, -0.15) is 18.3 Å². The highest BCUT2D eigenvalue weighted by Gasteiger charge is 2.34. The molecule has 0 atom stereocenters. The number of nitrogens with zero attached hydrogens (tertiary/aromatic N) is 4. The molecule has 0 aliphatic carbocycles. The molecule has 0 saturated carbocycles. The van der Waals surface area contributed by atoms with Crippen LogP contribution in [0.4, 0.5) is 19.0 Å².